The second-order valence-corrected chi connectivity index (χ2v) is 7.78. The maximum atomic E-state index is 5.95. The minimum absolute atomic E-state index is 0.574. The van der Waals surface area contributed by atoms with E-state index < -0.39 is 0 Å². The number of hydrogen-bond acceptors (Lipinski definition) is 6. The summed E-state index contributed by atoms with van der Waals surface area (Å²) in [6, 6.07) is 18.5. The zero-order valence-corrected chi connectivity index (χ0v) is 17.5. The van der Waals surface area contributed by atoms with Crippen LogP contribution < -0.4 is 9.64 Å². The molecule has 0 spiro atoms. The number of benzene rings is 2. The summed E-state index contributed by atoms with van der Waals surface area (Å²) in [5.74, 6) is 2.65. The molecule has 2 heterocycles. The Labute approximate surface area is 175 Å². The van der Waals surface area contributed by atoms with Crippen molar-refractivity contribution >= 4 is 17.7 Å². The lowest BCUT2D eigenvalue weighted by atomic mass is 10.2. The predicted octanol–water partition coefficient (Wildman–Crippen LogP) is 4.01. The quantitative estimate of drug-likeness (QED) is 0.523. The Kier molecular flexibility index (Phi) is 6.69. The highest BCUT2D eigenvalue weighted by Gasteiger charge is 2.19. The Morgan fingerprint density at radius 1 is 1.00 bits per heavy atom. The zero-order valence-electron chi connectivity index (χ0n) is 16.7. The fraction of sp³-hybridized carbons (Fsp3) is 0.364. The second-order valence-electron chi connectivity index (χ2n) is 6.84. The molecule has 1 fully saturated rings. The number of thioether (sulfide) groups is 1. The van der Waals surface area contributed by atoms with E-state index >= 15 is 0 Å². The van der Waals surface area contributed by atoms with E-state index in [-0.39, 0.29) is 0 Å². The summed E-state index contributed by atoms with van der Waals surface area (Å²) in [5, 5.41) is 9.83. The highest BCUT2D eigenvalue weighted by atomic mass is 32.2. The van der Waals surface area contributed by atoms with Crippen molar-refractivity contribution < 1.29 is 9.47 Å². The summed E-state index contributed by atoms with van der Waals surface area (Å²) >= 11 is 1.71. The number of aromatic nitrogens is 3. The maximum Gasteiger partial charge on any atom is 0.228 e. The highest BCUT2D eigenvalue weighted by Crippen LogP contribution is 2.27. The van der Waals surface area contributed by atoms with Crippen molar-refractivity contribution in [1.82, 2.24) is 14.8 Å². The summed E-state index contributed by atoms with van der Waals surface area (Å²) < 4.78 is 13.6. The zero-order chi connectivity index (χ0) is 19.9. The first-order chi connectivity index (χ1) is 14.3. The van der Waals surface area contributed by atoms with Gasteiger partial charge in [-0.3, -0.25) is 4.57 Å². The van der Waals surface area contributed by atoms with Gasteiger partial charge in [-0.05, 0) is 30.2 Å². The first-order valence-corrected chi connectivity index (χ1v) is 11.0. The fourth-order valence-corrected chi connectivity index (χ4v) is 4.22. The van der Waals surface area contributed by atoms with Gasteiger partial charge in [-0.2, -0.15) is 0 Å². The molecule has 0 unspecified atom stereocenters. The van der Waals surface area contributed by atoms with Gasteiger partial charge in [0.25, 0.3) is 0 Å². The predicted molar refractivity (Wildman–Crippen MR) is 116 cm³/mol. The van der Waals surface area contributed by atoms with Gasteiger partial charge >= 0.3 is 0 Å². The smallest absolute Gasteiger partial charge is 0.228 e. The van der Waals surface area contributed by atoms with Gasteiger partial charge in [0.05, 0.1) is 13.2 Å². The van der Waals surface area contributed by atoms with Gasteiger partial charge < -0.3 is 14.4 Å². The van der Waals surface area contributed by atoms with E-state index in [9.17, 15) is 0 Å². The van der Waals surface area contributed by atoms with E-state index in [1.54, 1.807) is 11.8 Å². The number of hydrogen-bond donors (Lipinski definition) is 0. The summed E-state index contributed by atoms with van der Waals surface area (Å²) in [4.78, 5) is 2.25. The van der Waals surface area contributed by atoms with Crippen LogP contribution in [0.3, 0.4) is 0 Å². The number of morpholine rings is 1. The molecular weight excluding hydrogens is 384 g/mol. The minimum atomic E-state index is 0.574. The Hall–Kier alpha value is -2.51. The Morgan fingerprint density at radius 2 is 1.79 bits per heavy atom. The number of ether oxygens (including phenoxy) is 2. The second kappa shape index (κ2) is 9.80. The van der Waals surface area contributed by atoms with E-state index in [0.717, 1.165) is 55.5 Å². The monoisotopic (exact) mass is 410 g/mol. The normalized spacial score (nSPS) is 14.2. The van der Waals surface area contributed by atoms with Gasteiger partial charge in [0, 0.05) is 25.4 Å². The fourth-order valence-electron chi connectivity index (χ4n) is 3.28. The molecule has 0 bridgehead atoms. The van der Waals surface area contributed by atoms with Crippen LogP contribution in [-0.2, 0) is 23.6 Å². The van der Waals surface area contributed by atoms with Crippen molar-refractivity contribution in [3.8, 4) is 5.75 Å². The van der Waals surface area contributed by atoms with E-state index in [4.69, 9.17) is 9.47 Å². The molecule has 0 atom stereocenters. The van der Waals surface area contributed by atoms with Gasteiger partial charge in [-0.1, -0.05) is 54.2 Å². The van der Waals surface area contributed by atoms with Crippen LogP contribution in [-0.4, -0.2) is 41.1 Å². The van der Waals surface area contributed by atoms with E-state index in [0.29, 0.717) is 6.61 Å². The first kappa shape index (κ1) is 19.8. The van der Waals surface area contributed by atoms with E-state index in [1.807, 2.05) is 30.3 Å². The third-order valence-electron chi connectivity index (χ3n) is 4.82. The molecule has 29 heavy (non-hydrogen) atoms. The number of anilines is 1. The highest BCUT2D eigenvalue weighted by molar-refractivity contribution is 7.98. The largest absolute Gasteiger partial charge is 0.489 e. The lowest BCUT2D eigenvalue weighted by molar-refractivity contribution is 0.121. The van der Waals surface area contributed by atoms with Crippen molar-refractivity contribution in [2.45, 2.75) is 31.0 Å². The Balaban J connectivity index is 1.38. The van der Waals surface area contributed by atoms with E-state index in [2.05, 4.69) is 50.9 Å². The van der Waals surface area contributed by atoms with Gasteiger partial charge in [0.15, 0.2) is 5.16 Å². The summed E-state index contributed by atoms with van der Waals surface area (Å²) in [7, 11) is 0. The molecule has 7 heteroatoms. The third-order valence-corrected chi connectivity index (χ3v) is 5.86. The average molecular weight is 411 g/mol. The maximum absolute atomic E-state index is 5.95. The molecule has 0 amide bonds. The van der Waals surface area contributed by atoms with Crippen LogP contribution in [0.25, 0.3) is 0 Å². The molecule has 1 saturated heterocycles. The summed E-state index contributed by atoms with van der Waals surface area (Å²) in [5.41, 5.74) is 2.37. The topological polar surface area (TPSA) is 52.4 Å². The number of nitrogens with zero attached hydrogens (tertiary/aromatic N) is 4. The third kappa shape index (κ3) is 5.10. The molecule has 0 N–H and O–H groups in total. The Morgan fingerprint density at radius 3 is 2.59 bits per heavy atom. The van der Waals surface area contributed by atoms with Crippen LogP contribution in [0.4, 0.5) is 5.95 Å². The van der Waals surface area contributed by atoms with Gasteiger partial charge in [0.1, 0.15) is 12.4 Å². The van der Waals surface area contributed by atoms with Crippen molar-refractivity contribution in [3.63, 3.8) is 0 Å². The molecular formula is C22H26N4O2S. The average Bonchev–Trinajstić information content (AvgIpc) is 3.21. The standard InChI is InChI=1S/C22H26N4O2S/c1-2-26-21(25-11-13-27-14-12-25)23-24-22(26)29-17-19-9-6-10-20(15-19)28-16-18-7-4-3-5-8-18/h3-10,15H,2,11-14,16-17H2,1H3. The molecule has 4 rings (SSSR count). The van der Waals surface area contributed by atoms with Crippen LogP contribution in [0.1, 0.15) is 18.1 Å². The van der Waals surface area contributed by atoms with E-state index in [1.165, 1.54) is 11.1 Å². The molecule has 2 aromatic carbocycles. The SMILES string of the molecule is CCn1c(SCc2cccc(OCc3ccccc3)c2)nnc1N1CCOCC1. The van der Waals surface area contributed by atoms with Crippen LogP contribution in [0.5, 0.6) is 5.75 Å². The molecule has 1 aromatic heterocycles. The van der Waals surface area contributed by atoms with Crippen LogP contribution in [0.2, 0.25) is 0 Å². The van der Waals surface area contributed by atoms with Crippen molar-refractivity contribution in [3.05, 3.63) is 65.7 Å². The van der Waals surface area contributed by atoms with Crippen LogP contribution in [0.15, 0.2) is 59.8 Å². The molecule has 3 aromatic rings. The molecule has 6 nitrogen and oxygen atoms in total. The number of rotatable bonds is 8. The minimum Gasteiger partial charge on any atom is -0.489 e. The lowest BCUT2D eigenvalue weighted by Gasteiger charge is -2.27. The first-order valence-electron chi connectivity index (χ1n) is 9.98. The van der Waals surface area contributed by atoms with Gasteiger partial charge in [0.2, 0.25) is 5.95 Å². The summed E-state index contributed by atoms with van der Waals surface area (Å²) in [6.07, 6.45) is 0. The summed E-state index contributed by atoms with van der Waals surface area (Å²) in [6.45, 7) is 6.78. The van der Waals surface area contributed by atoms with Crippen LogP contribution >= 0.6 is 11.8 Å². The molecule has 1 aliphatic rings. The van der Waals surface area contributed by atoms with Crippen LogP contribution in [0, 0.1) is 0 Å². The van der Waals surface area contributed by atoms with Crippen molar-refractivity contribution in [2.75, 3.05) is 31.2 Å². The molecule has 0 radical (unpaired) electrons. The van der Waals surface area contributed by atoms with Gasteiger partial charge in [-0.15, -0.1) is 10.2 Å². The Bertz CT molecular complexity index is 910. The molecule has 0 aliphatic carbocycles. The lowest BCUT2D eigenvalue weighted by Crippen LogP contribution is -2.38. The van der Waals surface area contributed by atoms with Gasteiger partial charge in [-0.25, -0.2) is 0 Å². The molecule has 152 valence electrons. The van der Waals surface area contributed by atoms with Crippen molar-refractivity contribution in [1.29, 1.82) is 0 Å². The molecule has 0 saturated carbocycles. The molecule has 1 aliphatic heterocycles. The van der Waals surface area contributed by atoms with Crippen molar-refractivity contribution in [2.24, 2.45) is 0 Å².